The molecule has 0 radical (unpaired) electrons. The molecule has 0 N–H and O–H groups in total. The van der Waals surface area contributed by atoms with E-state index in [0.717, 1.165) is 0 Å². The average molecular weight is 144 g/mol. The van der Waals surface area contributed by atoms with Crippen LogP contribution in [0.3, 0.4) is 0 Å². The summed E-state index contributed by atoms with van der Waals surface area (Å²) in [5, 5.41) is 4.79. The predicted octanol–water partition coefficient (Wildman–Crippen LogP) is -3.01. The molecule has 0 rings (SSSR count). The van der Waals surface area contributed by atoms with Crippen LogP contribution in [-0.4, -0.2) is 8.11 Å². The molecule has 3 heteroatoms. The third kappa shape index (κ3) is 36.3. The van der Waals surface area contributed by atoms with Crippen molar-refractivity contribution in [2.45, 2.75) is 10.5 Å². The number of hydrogen-bond donors (Lipinski definition) is 0. The SMILES string of the molecule is [CH3][Ti+]([CH3])[SiH3].[Cl-]. The molecule has 0 aliphatic carbocycles. The maximum atomic E-state index is 2.40. The Hall–Kier alpha value is 1.22. The average Bonchev–Trinajstić information content (AvgIpc) is 0.811. The maximum Gasteiger partial charge on any atom is -1.00 e. The molecular weight excluding hydrogens is 135 g/mol. The van der Waals surface area contributed by atoms with Gasteiger partial charge in [-0.3, -0.25) is 0 Å². The van der Waals surface area contributed by atoms with E-state index in [0.29, 0.717) is 0 Å². The zero-order chi connectivity index (χ0) is 3.58. The number of halogens is 1. The molecule has 0 unspecified atom stereocenters. The van der Waals surface area contributed by atoms with Crippen LogP contribution in [0.1, 0.15) is 0 Å². The molecule has 0 aromatic carbocycles. The van der Waals surface area contributed by atoms with E-state index in [1.165, 1.54) is 8.11 Å². The maximum absolute atomic E-state index is 2.40. The van der Waals surface area contributed by atoms with Crippen molar-refractivity contribution in [3.63, 3.8) is 0 Å². The van der Waals surface area contributed by atoms with Crippen LogP contribution in [0.15, 0.2) is 0 Å². The van der Waals surface area contributed by atoms with Crippen molar-refractivity contribution in [1.29, 1.82) is 0 Å². The van der Waals surface area contributed by atoms with Gasteiger partial charge in [0.1, 0.15) is 0 Å². The summed E-state index contributed by atoms with van der Waals surface area (Å²) in [6.07, 6.45) is 0. The van der Waals surface area contributed by atoms with E-state index in [4.69, 9.17) is 0 Å². The van der Waals surface area contributed by atoms with Gasteiger partial charge in [-0.05, 0) is 0 Å². The minimum atomic E-state index is -0.194. The molecule has 0 saturated heterocycles. The van der Waals surface area contributed by atoms with E-state index in [2.05, 4.69) is 10.5 Å². The van der Waals surface area contributed by atoms with Crippen molar-refractivity contribution >= 4 is 8.11 Å². The molecule has 0 aliphatic heterocycles. The second-order valence-corrected chi connectivity index (χ2v) is 14.4. The van der Waals surface area contributed by atoms with Crippen LogP contribution >= 0.6 is 0 Å². The summed E-state index contributed by atoms with van der Waals surface area (Å²) in [5.74, 6) is 0. The van der Waals surface area contributed by atoms with E-state index in [-0.39, 0.29) is 29.5 Å². The second-order valence-electron chi connectivity index (χ2n) is 1.50. The van der Waals surface area contributed by atoms with Gasteiger partial charge in [0, 0.05) is 0 Å². The van der Waals surface area contributed by atoms with Gasteiger partial charge in [-0.2, -0.15) is 0 Å². The van der Waals surface area contributed by atoms with E-state index in [1.807, 2.05) is 0 Å². The Balaban J connectivity index is 0. The van der Waals surface area contributed by atoms with E-state index < -0.39 is 0 Å². The van der Waals surface area contributed by atoms with Crippen LogP contribution in [-0.2, 0) is 17.1 Å². The summed E-state index contributed by atoms with van der Waals surface area (Å²) in [6.45, 7) is 0. The molecule has 0 atom stereocenters. The van der Waals surface area contributed by atoms with Crippen LogP contribution in [0.25, 0.3) is 0 Å². The van der Waals surface area contributed by atoms with Crippen LogP contribution in [0.2, 0.25) is 10.5 Å². The Morgan fingerprint density at radius 3 is 1.40 bits per heavy atom. The van der Waals surface area contributed by atoms with Gasteiger partial charge in [0.15, 0.2) is 0 Å². The van der Waals surface area contributed by atoms with E-state index >= 15 is 0 Å². The van der Waals surface area contributed by atoms with Gasteiger partial charge in [-0.1, -0.05) is 0 Å². The summed E-state index contributed by atoms with van der Waals surface area (Å²) in [4.78, 5) is 0. The fourth-order valence-corrected chi connectivity index (χ4v) is 0. The molecular formula is C2H9ClSiTi. The number of rotatable bonds is 0. The first-order valence-electron chi connectivity index (χ1n) is 1.50. The molecule has 0 aromatic heterocycles. The van der Waals surface area contributed by atoms with Crippen molar-refractivity contribution in [2.75, 3.05) is 0 Å². The second kappa shape index (κ2) is 5.22. The van der Waals surface area contributed by atoms with Crippen molar-refractivity contribution in [3.05, 3.63) is 0 Å². The molecule has 32 valence electrons. The predicted molar refractivity (Wildman–Crippen MR) is 21.7 cm³/mol. The summed E-state index contributed by atoms with van der Waals surface area (Å²) in [5.41, 5.74) is 0. The third-order valence-electron chi connectivity index (χ3n) is 0. The Kier molecular flexibility index (Phi) is 9.94. The topological polar surface area (TPSA) is 0 Å². The minimum Gasteiger partial charge on any atom is -1.00 e. The van der Waals surface area contributed by atoms with Crippen molar-refractivity contribution in [3.8, 4) is 0 Å². The van der Waals surface area contributed by atoms with E-state index in [1.54, 1.807) is 0 Å². The van der Waals surface area contributed by atoms with Crippen LogP contribution < -0.4 is 12.4 Å². The van der Waals surface area contributed by atoms with Gasteiger partial charge in [0.25, 0.3) is 0 Å². The molecule has 0 heterocycles. The monoisotopic (exact) mass is 144 g/mol. The first-order valence-corrected chi connectivity index (χ1v) is 10.3. The van der Waals surface area contributed by atoms with Gasteiger partial charge in [-0.25, -0.2) is 0 Å². The Bertz CT molecular complexity index is 14.4. The van der Waals surface area contributed by atoms with Gasteiger partial charge < -0.3 is 12.4 Å². The molecule has 0 aliphatic rings. The first kappa shape index (κ1) is 9.52. The van der Waals surface area contributed by atoms with Gasteiger partial charge >= 0.3 is 35.7 Å². The molecule has 0 fully saturated rings. The van der Waals surface area contributed by atoms with E-state index in [9.17, 15) is 0 Å². The molecule has 0 spiro atoms. The normalized spacial score (nSPS) is 6.00. The van der Waals surface area contributed by atoms with Crippen LogP contribution in [0, 0.1) is 0 Å². The Labute approximate surface area is 48.2 Å². The first-order chi connectivity index (χ1) is 1.73. The van der Waals surface area contributed by atoms with Gasteiger partial charge in [-0.15, -0.1) is 0 Å². The van der Waals surface area contributed by atoms with Crippen molar-refractivity contribution in [1.82, 2.24) is 0 Å². The van der Waals surface area contributed by atoms with Crippen molar-refractivity contribution < 1.29 is 29.5 Å². The summed E-state index contributed by atoms with van der Waals surface area (Å²) >= 11 is -0.194. The van der Waals surface area contributed by atoms with Gasteiger partial charge in [0.2, 0.25) is 0 Å². The molecule has 5 heavy (non-hydrogen) atoms. The molecule has 0 nitrogen and oxygen atoms in total. The largest absolute Gasteiger partial charge is 1.00 e. The van der Waals surface area contributed by atoms with Gasteiger partial charge in [0.05, 0.1) is 0 Å². The van der Waals surface area contributed by atoms with Crippen molar-refractivity contribution in [2.24, 2.45) is 0 Å². The van der Waals surface area contributed by atoms with Crippen LogP contribution in [0.4, 0.5) is 0 Å². The third-order valence-corrected chi connectivity index (χ3v) is 0. The Morgan fingerprint density at radius 2 is 1.40 bits per heavy atom. The fourth-order valence-electron chi connectivity index (χ4n) is 0. The molecule has 0 saturated carbocycles. The molecule has 0 bridgehead atoms. The zero-order valence-electron chi connectivity index (χ0n) is 3.88. The quantitative estimate of drug-likeness (QED) is 0.318. The number of hydrogen-bond acceptors (Lipinski definition) is 0. The van der Waals surface area contributed by atoms with Crippen LogP contribution in [0.5, 0.6) is 0 Å². The summed E-state index contributed by atoms with van der Waals surface area (Å²) in [6, 6.07) is 0. The summed E-state index contributed by atoms with van der Waals surface area (Å²) < 4.78 is 0. The standard InChI is InChI=1S/2CH3.ClH.H3Si.Ti/h2*1H3;1H;1H3;/q;;;;+1/p-1. The molecule has 0 amide bonds. The minimum absolute atomic E-state index is 0. The smallest absolute Gasteiger partial charge is 1.00 e. The molecule has 0 aromatic rings. The fraction of sp³-hybridized carbons (Fsp3) is 1.00. The Morgan fingerprint density at radius 1 is 1.40 bits per heavy atom. The zero-order valence-corrected chi connectivity index (χ0v) is 8.20. The summed E-state index contributed by atoms with van der Waals surface area (Å²) in [7, 11) is 1.52.